The standard InChI is InChI=1S/C13H11Br2NOS/c1-7-3-4-9(14)10(5-7)16-13(17)11-6-8(2)12(15)18-11/h3-6H,1-2H3,(H,16,17). The van der Waals surface area contributed by atoms with E-state index in [1.165, 1.54) is 11.3 Å². The first-order chi connectivity index (χ1) is 8.47. The molecule has 5 heteroatoms. The molecule has 0 atom stereocenters. The quantitative estimate of drug-likeness (QED) is 0.757. The monoisotopic (exact) mass is 387 g/mol. The van der Waals surface area contributed by atoms with Gasteiger partial charge in [-0.15, -0.1) is 11.3 Å². The lowest BCUT2D eigenvalue weighted by molar-refractivity contribution is 0.103. The first-order valence-electron chi connectivity index (χ1n) is 5.31. The Morgan fingerprint density at radius 1 is 1.22 bits per heavy atom. The largest absolute Gasteiger partial charge is 0.320 e. The molecule has 1 N–H and O–H groups in total. The molecule has 18 heavy (non-hydrogen) atoms. The topological polar surface area (TPSA) is 29.1 Å². The number of aryl methyl sites for hydroxylation is 2. The lowest BCUT2D eigenvalue weighted by Gasteiger charge is -2.07. The Kier molecular flexibility index (Phi) is 4.25. The van der Waals surface area contributed by atoms with Crippen LogP contribution in [0.4, 0.5) is 5.69 Å². The highest BCUT2D eigenvalue weighted by atomic mass is 79.9. The zero-order valence-electron chi connectivity index (χ0n) is 9.88. The zero-order valence-corrected chi connectivity index (χ0v) is 13.9. The molecule has 0 unspecified atom stereocenters. The second kappa shape index (κ2) is 5.55. The molecule has 0 aliphatic heterocycles. The maximum Gasteiger partial charge on any atom is 0.265 e. The van der Waals surface area contributed by atoms with E-state index in [9.17, 15) is 4.79 Å². The van der Waals surface area contributed by atoms with Crippen LogP contribution in [0.3, 0.4) is 0 Å². The van der Waals surface area contributed by atoms with Crippen LogP contribution in [0.25, 0.3) is 0 Å². The molecule has 0 aliphatic carbocycles. The third-order valence-corrected chi connectivity index (χ3v) is 5.28. The van der Waals surface area contributed by atoms with E-state index in [0.717, 1.165) is 25.1 Å². The average Bonchev–Trinajstić information content (AvgIpc) is 2.64. The van der Waals surface area contributed by atoms with Gasteiger partial charge < -0.3 is 5.32 Å². The minimum absolute atomic E-state index is 0.0832. The van der Waals surface area contributed by atoms with Crippen LogP contribution in [-0.4, -0.2) is 5.91 Å². The lowest BCUT2D eigenvalue weighted by atomic mass is 10.2. The molecule has 0 aliphatic rings. The molecule has 0 bridgehead atoms. The van der Waals surface area contributed by atoms with E-state index in [1.807, 2.05) is 38.1 Å². The molecule has 0 saturated carbocycles. The van der Waals surface area contributed by atoms with Gasteiger partial charge >= 0.3 is 0 Å². The molecule has 2 aromatic rings. The first kappa shape index (κ1) is 13.8. The third-order valence-electron chi connectivity index (χ3n) is 2.45. The molecule has 2 nitrogen and oxygen atoms in total. The van der Waals surface area contributed by atoms with Gasteiger partial charge in [-0.25, -0.2) is 0 Å². The van der Waals surface area contributed by atoms with Crippen molar-refractivity contribution in [2.75, 3.05) is 5.32 Å². The van der Waals surface area contributed by atoms with Crippen molar-refractivity contribution in [1.29, 1.82) is 0 Å². The minimum atomic E-state index is -0.0832. The van der Waals surface area contributed by atoms with E-state index in [0.29, 0.717) is 4.88 Å². The first-order valence-corrected chi connectivity index (χ1v) is 7.71. The van der Waals surface area contributed by atoms with Gasteiger partial charge in [0.2, 0.25) is 0 Å². The predicted octanol–water partition coefficient (Wildman–Crippen LogP) is 5.14. The summed E-state index contributed by atoms with van der Waals surface area (Å²) in [4.78, 5) is 12.8. The molecular formula is C13H11Br2NOS. The van der Waals surface area contributed by atoms with Crippen molar-refractivity contribution < 1.29 is 4.79 Å². The van der Waals surface area contributed by atoms with E-state index in [4.69, 9.17) is 0 Å². The van der Waals surface area contributed by atoms with E-state index in [2.05, 4.69) is 37.2 Å². The molecule has 0 spiro atoms. The number of halogens is 2. The molecule has 1 heterocycles. The second-order valence-electron chi connectivity index (χ2n) is 4.00. The molecule has 0 saturated heterocycles. The maximum atomic E-state index is 12.1. The summed E-state index contributed by atoms with van der Waals surface area (Å²) >= 11 is 8.30. The van der Waals surface area contributed by atoms with Crippen molar-refractivity contribution in [2.24, 2.45) is 0 Å². The summed E-state index contributed by atoms with van der Waals surface area (Å²) < 4.78 is 1.88. The number of carbonyl (C=O) groups excluding carboxylic acids is 1. The Bertz CT molecular complexity index is 588. The van der Waals surface area contributed by atoms with E-state index in [-0.39, 0.29) is 5.91 Å². The Labute approximate surface area is 127 Å². The zero-order chi connectivity index (χ0) is 13.3. The van der Waals surface area contributed by atoms with Gasteiger partial charge in [0.15, 0.2) is 0 Å². The normalized spacial score (nSPS) is 10.4. The van der Waals surface area contributed by atoms with Crippen LogP contribution in [-0.2, 0) is 0 Å². The molecule has 1 amide bonds. The molecule has 0 radical (unpaired) electrons. The number of amides is 1. The molecule has 2 rings (SSSR count). The molecule has 1 aromatic carbocycles. The number of hydrogen-bond donors (Lipinski definition) is 1. The SMILES string of the molecule is Cc1ccc(Br)c(NC(=O)c2cc(C)c(Br)s2)c1. The van der Waals surface area contributed by atoms with Crippen LogP contribution in [0.1, 0.15) is 20.8 Å². The highest BCUT2D eigenvalue weighted by Crippen LogP contribution is 2.29. The van der Waals surface area contributed by atoms with Crippen LogP contribution in [0.2, 0.25) is 0 Å². The number of thiophene rings is 1. The predicted molar refractivity (Wildman–Crippen MR) is 83.6 cm³/mol. The van der Waals surface area contributed by atoms with Gasteiger partial charge in [0, 0.05) is 4.47 Å². The summed E-state index contributed by atoms with van der Waals surface area (Å²) in [6, 6.07) is 7.75. The van der Waals surface area contributed by atoms with Gasteiger partial charge in [-0.05, 0) is 75.0 Å². The van der Waals surface area contributed by atoms with Crippen molar-refractivity contribution in [3.63, 3.8) is 0 Å². The molecule has 94 valence electrons. The Morgan fingerprint density at radius 3 is 2.56 bits per heavy atom. The molecular weight excluding hydrogens is 378 g/mol. The Balaban J connectivity index is 2.23. The van der Waals surface area contributed by atoms with Gasteiger partial charge in [-0.1, -0.05) is 6.07 Å². The number of anilines is 1. The van der Waals surface area contributed by atoms with Gasteiger partial charge in [-0.3, -0.25) is 4.79 Å². The average molecular weight is 389 g/mol. The summed E-state index contributed by atoms with van der Waals surface area (Å²) in [5.41, 5.74) is 2.98. The summed E-state index contributed by atoms with van der Waals surface area (Å²) in [7, 11) is 0. The van der Waals surface area contributed by atoms with Crippen molar-refractivity contribution in [1.82, 2.24) is 0 Å². The number of carbonyl (C=O) groups is 1. The van der Waals surface area contributed by atoms with Crippen LogP contribution in [0, 0.1) is 13.8 Å². The van der Waals surface area contributed by atoms with Gasteiger partial charge in [-0.2, -0.15) is 0 Å². The summed E-state index contributed by atoms with van der Waals surface area (Å²) in [6.45, 7) is 3.97. The number of benzene rings is 1. The summed E-state index contributed by atoms with van der Waals surface area (Å²) in [5, 5.41) is 2.91. The highest BCUT2D eigenvalue weighted by molar-refractivity contribution is 9.11. The van der Waals surface area contributed by atoms with E-state index in [1.54, 1.807) is 0 Å². The fraction of sp³-hybridized carbons (Fsp3) is 0.154. The maximum absolute atomic E-state index is 12.1. The van der Waals surface area contributed by atoms with Gasteiger partial charge in [0.05, 0.1) is 14.4 Å². The van der Waals surface area contributed by atoms with Crippen molar-refractivity contribution in [3.05, 3.63) is 48.5 Å². The van der Waals surface area contributed by atoms with E-state index < -0.39 is 0 Å². The fourth-order valence-electron chi connectivity index (χ4n) is 1.49. The summed E-state index contributed by atoms with van der Waals surface area (Å²) in [5.74, 6) is -0.0832. The molecule has 0 fully saturated rings. The lowest BCUT2D eigenvalue weighted by Crippen LogP contribution is -2.10. The Hall–Kier alpha value is -0.650. The van der Waals surface area contributed by atoms with Gasteiger partial charge in [0.1, 0.15) is 0 Å². The van der Waals surface area contributed by atoms with Crippen LogP contribution in [0.15, 0.2) is 32.5 Å². The van der Waals surface area contributed by atoms with Crippen LogP contribution >= 0.6 is 43.2 Å². The van der Waals surface area contributed by atoms with Crippen LogP contribution < -0.4 is 5.32 Å². The molecule has 1 aromatic heterocycles. The van der Waals surface area contributed by atoms with Crippen molar-refractivity contribution in [2.45, 2.75) is 13.8 Å². The fourth-order valence-corrected chi connectivity index (χ4v) is 3.27. The third kappa shape index (κ3) is 3.02. The van der Waals surface area contributed by atoms with E-state index >= 15 is 0 Å². The number of nitrogens with one attached hydrogen (secondary N) is 1. The highest BCUT2D eigenvalue weighted by Gasteiger charge is 2.12. The Morgan fingerprint density at radius 2 is 1.94 bits per heavy atom. The number of rotatable bonds is 2. The van der Waals surface area contributed by atoms with Crippen molar-refractivity contribution >= 4 is 54.8 Å². The van der Waals surface area contributed by atoms with Crippen LogP contribution in [0.5, 0.6) is 0 Å². The minimum Gasteiger partial charge on any atom is -0.320 e. The summed E-state index contributed by atoms with van der Waals surface area (Å²) in [6.07, 6.45) is 0. The van der Waals surface area contributed by atoms with Gasteiger partial charge in [0.25, 0.3) is 5.91 Å². The van der Waals surface area contributed by atoms with Crippen molar-refractivity contribution in [3.8, 4) is 0 Å². The second-order valence-corrected chi connectivity index (χ2v) is 7.23. The smallest absolute Gasteiger partial charge is 0.265 e. The number of hydrogen-bond acceptors (Lipinski definition) is 2.